The standard InChI is InChI=1S/C13H17N3O2S/c1-19(17,18)15-12-5-6-13(11(9-12)10-14)16-7-3-2-4-8-16/h5-6,9,15H,2-4,7-8H2,1H3. The Bertz CT molecular complexity index is 599. The van der Waals surface area contributed by atoms with E-state index in [9.17, 15) is 13.7 Å². The molecule has 6 heteroatoms. The Labute approximate surface area is 113 Å². The third-order valence-electron chi connectivity index (χ3n) is 3.12. The van der Waals surface area contributed by atoms with Crippen LogP contribution in [-0.4, -0.2) is 27.8 Å². The molecule has 1 heterocycles. The summed E-state index contributed by atoms with van der Waals surface area (Å²) in [7, 11) is -3.31. The average molecular weight is 279 g/mol. The maximum absolute atomic E-state index is 11.2. The van der Waals surface area contributed by atoms with Crippen LogP contribution in [0.15, 0.2) is 18.2 Å². The molecule has 1 aliphatic rings. The summed E-state index contributed by atoms with van der Waals surface area (Å²) in [5.41, 5.74) is 1.83. The second kappa shape index (κ2) is 5.49. The molecule has 19 heavy (non-hydrogen) atoms. The van der Waals surface area contributed by atoms with E-state index < -0.39 is 10.0 Å². The van der Waals surface area contributed by atoms with Gasteiger partial charge in [-0.1, -0.05) is 0 Å². The molecule has 1 saturated heterocycles. The Morgan fingerprint density at radius 2 is 1.95 bits per heavy atom. The zero-order valence-corrected chi connectivity index (χ0v) is 11.7. The van der Waals surface area contributed by atoms with Crippen LogP contribution in [0, 0.1) is 11.3 Å². The van der Waals surface area contributed by atoms with Crippen LogP contribution in [0.3, 0.4) is 0 Å². The van der Waals surface area contributed by atoms with E-state index in [1.165, 1.54) is 6.42 Å². The van der Waals surface area contributed by atoms with E-state index in [1.807, 2.05) is 6.07 Å². The minimum atomic E-state index is -3.31. The topological polar surface area (TPSA) is 73.2 Å². The first-order valence-electron chi connectivity index (χ1n) is 6.26. The fourth-order valence-corrected chi connectivity index (χ4v) is 2.87. The van der Waals surface area contributed by atoms with E-state index in [-0.39, 0.29) is 0 Å². The molecule has 0 amide bonds. The number of anilines is 2. The Balaban J connectivity index is 2.28. The molecule has 0 spiro atoms. The van der Waals surface area contributed by atoms with E-state index in [0.29, 0.717) is 11.3 Å². The Hall–Kier alpha value is -1.74. The molecule has 0 aliphatic carbocycles. The largest absolute Gasteiger partial charge is 0.370 e. The van der Waals surface area contributed by atoms with Gasteiger partial charge < -0.3 is 4.90 Å². The normalized spacial score (nSPS) is 15.9. The van der Waals surface area contributed by atoms with Crippen molar-refractivity contribution in [1.82, 2.24) is 0 Å². The summed E-state index contributed by atoms with van der Waals surface area (Å²) in [6.45, 7) is 1.90. The molecule has 0 bridgehead atoms. The molecule has 0 atom stereocenters. The molecule has 1 aliphatic heterocycles. The van der Waals surface area contributed by atoms with Crippen molar-refractivity contribution < 1.29 is 8.42 Å². The van der Waals surface area contributed by atoms with Crippen molar-refractivity contribution in [2.24, 2.45) is 0 Å². The second-order valence-electron chi connectivity index (χ2n) is 4.77. The molecule has 5 nitrogen and oxygen atoms in total. The van der Waals surface area contributed by atoms with Crippen molar-refractivity contribution in [2.45, 2.75) is 19.3 Å². The minimum Gasteiger partial charge on any atom is -0.370 e. The molecule has 0 saturated carbocycles. The molecule has 1 aromatic carbocycles. The van der Waals surface area contributed by atoms with E-state index in [2.05, 4.69) is 15.7 Å². The number of nitriles is 1. The van der Waals surface area contributed by atoms with Crippen LogP contribution < -0.4 is 9.62 Å². The summed E-state index contributed by atoms with van der Waals surface area (Å²) in [5.74, 6) is 0. The van der Waals surface area contributed by atoms with Crippen LogP contribution in [0.1, 0.15) is 24.8 Å². The first kappa shape index (κ1) is 13.7. The van der Waals surface area contributed by atoms with E-state index in [4.69, 9.17) is 0 Å². The van der Waals surface area contributed by atoms with Crippen molar-refractivity contribution in [3.63, 3.8) is 0 Å². The van der Waals surface area contributed by atoms with Gasteiger partial charge in [-0.15, -0.1) is 0 Å². The lowest BCUT2D eigenvalue weighted by atomic mass is 10.1. The Morgan fingerprint density at radius 1 is 1.26 bits per heavy atom. The molecule has 0 radical (unpaired) electrons. The molecule has 2 rings (SSSR count). The lowest BCUT2D eigenvalue weighted by Gasteiger charge is -2.29. The van der Waals surface area contributed by atoms with Crippen molar-refractivity contribution in [3.05, 3.63) is 23.8 Å². The maximum Gasteiger partial charge on any atom is 0.229 e. The van der Waals surface area contributed by atoms with E-state index in [1.54, 1.807) is 12.1 Å². The van der Waals surface area contributed by atoms with Gasteiger partial charge in [-0.25, -0.2) is 8.42 Å². The smallest absolute Gasteiger partial charge is 0.229 e. The second-order valence-corrected chi connectivity index (χ2v) is 6.51. The Kier molecular flexibility index (Phi) is 3.96. The number of nitrogens with one attached hydrogen (secondary N) is 1. The summed E-state index contributed by atoms with van der Waals surface area (Å²) in [6.07, 6.45) is 4.59. The van der Waals surface area contributed by atoms with Gasteiger partial charge in [-0.05, 0) is 37.5 Å². The summed E-state index contributed by atoms with van der Waals surface area (Å²) in [4.78, 5) is 2.19. The van der Waals surface area contributed by atoms with Crippen LogP contribution in [0.4, 0.5) is 11.4 Å². The van der Waals surface area contributed by atoms with Crippen molar-refractivity contribution in [1.29, 1.82) is 5.26 Å². The third-order valence-corrected chi connectivity index (χ3v) is 3.72. The van der Waals surface area contributed by atoms with Crippen LogP contribution in [0.2, 0.25) is 0 Å². The van der Waals surface area contributed by atoms with Gasteiger partial charge >= 0.3 is 0 Å². The van der Waals surface area contributed by atoms with Crippen LogP contribution in [0.25, 0.3) is 0 Å². The van der Waals surface area contributed by atoms with Gasteiger partial charge in [0.15, 0.2) is 0 Å². The van der Waals surface area contributed by atoms with Gasteiger partial charge in [0.2, 0.25) is 10.0 Å². The number of piperidine rings is 1. The Morgan fingerprint density at radius 3 is 2.53 bits per heavy atom. The zero-order chi connectivity index (χ0) is 13.9. The number of sulfonamides is 1. The molecule has 0 unspecified atom stereocenters. The van der Waals surface area contributed by atoms with Crippen LogP contribution >= 0.6 is 0 Å². The summed E-state index contributed by atoms with van der Waals surface area (Å²) < 4.78 is 24.8. The molecule has 1 aromatic rings. The lowest BCUT2D eigenvalue weighted by molar-refractivity contribution is 0.577. The van der Waals surface area contributed by atoms with Crippen LogP contribution in [0.5, 0.6) is 0 Å². The van der Waals surface area contributed by atoms with Crippen molar-refractivity contribution in [3.8, 4) is 6.07 Å². The number of benzene rings is 1. The van der Waals surface area contributed by atoms with Gasteiger partial charge in [-0.2, -0.15) is 5.26 Å². The number of rotatable bonds is 3. The zero-order valence-electron chi connectivity index (χ0n) is 10.9. The maximum atomic E-state index is 11.2. The highest BCUT2D eigenvalue weighted by molar-refractivity contribution is 7.92. The SMILES string of the molecule is CS(=O)(=O)Nc1ccc(N2CCCCC2)c(C#N)c1. The first-order chi connectivity index (χ1) is 8.99. The highest BCUT2D eigenvalue weighted by atomic mass is 32.2. The monoisotopic (exact) mass is 279 g/mol. The van der Waals surface area contributed by atoms with Gasteiger partial charge in [-0.3, -0.25) is 4.72 Å². The number of hydrogen-bond acceptors (Lipinski definition) is 4. The fourth-order valence-electron chi connectivity index (χ4n) is 2.31. The van der Waals surface area contributed by atoms with Crippen LogP contribution in [-0.2, 0) is 10.0 Å². The average Bonchev–Trinajstić information content (AvgIpc) is 2.37. The van der Waals surface area contributed by atoms with Gasteiger partial charge in [0.1, 0.15) is 6.07 Å². The van der Waals surface area contributed by atoms with E-state index in [0.717, 1.165) is 37.9 Å². The molecule has 1 N–H and O–H groups in total. The summed E-state index contributed by atoms with van der Waals surface area (Å²) in [5, 5.41) is 9.22. The highest BCUT2D eigenvalue weighted by Gasteiger charge is 2.15. The van der Waals surface area contributed by atoms with Gasteiger partial charge in [0.25, 0.3) is 0 Å². The third kappa shape index (κ3) is 3.61. The molecule has 1 fully saturated rings. The predicted octanol–water partition coefficient (Wildman–Crippen LogP) is 1.92. The quantitative estimate of drug-likeness (QED) is 0.917. The van der Waals surface area contributed by atoms with Crippen molar-refractivity contribution in [2.75, 3.05) is 29.0 Å². The molecule has 0 aromatic heterocycles. The molecule has 102 valence electrons. The number of nitrogens with zero attached hydrogens (tertiary/aromatic N) is 2. The minimum absolute atomic E-state index is 0.430. The first-order valence-corrected chi connectivity index (χ1v) is 8.15. The van der Waals surface area contributed by atoms with Gasteiger partial charge in [0, 0.05) is 18.8 Å². The van der Waals surface area contributed by atoms with Crippen molar-refractivity contribution >= 4 is 21.4 Å². The lowest BCUT2D eigenvalue weighted by Crippen LogP contribution is -2.30. The fraction of sp³-hybridized carbons (Fsp3) is 0.462. The summed E-state index contributed by atoms with van der Waals surface area (Å²) in [6, 6.07) is 7.25. The van der Waals surface area contributed by atoms with E-state index >= 15 is 0 Å². The number of hydrogen-bond donors (Lipinski definition) is 1. The summed E-state index contributed by atoms with van der Waals surface area (Å²) >= 11 is 0. The molecular weight excluding hydrogens is 262 g/mol. The van der Waals surface area contributed by atoms with Gasteiger partial charge in [0.05, 0.1) is 17.5 Å². The molecular formula is C13H17N3O2S. The highest BCUT2D eigenvalue weighted by Crippen LogP contribution is 2.26. The predicted molar refractivity (Wildman–Crippen MR) is 75.7 cm³/mol.